The molecule has 100 valence electrons. The number of aliphatic hydroxyl groups is 1. The van der Waals surface area contributed by atoms with Crippen LogP contribution in [0.5, 0.6) is 0 Å². The van der Waals surface area contributed by atoms with Crippen molar-refractivity contribution in [3.63, 3.8) is 0 Å². The summed E-state index contributed by atoms with van der Waals surface area (Å²) in [6.07, 6.45) is 4.07. The molecule has 0 atom stereocenters. The minimum absolute atomic E-state index is 0.0552. The van der Waals surface area contributed by atoms with E-state index in [0.717, 1.165) is 5.69 Å². The highest BCUT2D eigenvalue weighted by Crippen LogP contribution is 2.27. The maximum Gasteiger partial charge on any atom is 0.258 e. The third-order valence-electron chi connectivity index (χ3n) is 3.44. The van der Waals surface area contributed by atoms with Crippen molar-refractivity contribution in [2.24, 2.45) is 0 Å². The Labute approximate surface area is 111 Å². The molecule has 2 aromatic rings. The van der Waals surface area contributed by atoms with E-state index in [1.807, 2.05) is 18.2 Å². The van der Waals surface area contributed by atoms with Gasteiger partial charge in [-0.1, -0.05) is 6.07 Å². The van der Waals surface area contributed by atoms with Crippen LogP contribution in [0.1, 0.15) is 18.5 Å². The van der Waals surface area contributed by atoms with Gasteiger partial charge in [0.05, 0.1) is 12.3 Å². The molecule has 1 aliphatic rings. The topological polar surface area (TPSA) is 57.8 Å². The minimum Gasteiger partial charge on any atom is -0.395 e. The molecule has 0 spiro atoms. The van der Waals surface area contributed by atoms with Gasteiger partial charge in [-0.3, -0.25) is 14.1 Å². The lowest BCUT2D eigenvalue weighted by atomic mass is 10.3. The zero-order valence-electron chi connectivity index (χ0n) is 10.7. The smallest absolute Gasteiger partial charge is 0.258 e. The lowest BCUT2D eigenvalue weighted by molar-refractivity contribution is 0.182. The summed E-state index contributed by atoms with van der Waals surface area (Å²) in [5, 5.41) is 9.09. The fourth-order valence-corrected chi connectivity index (χ4v) is 2.35. The standard InChI is InChI=1S/C14H17N3O2/c18-8-7-16(12-4-5-12)10-11-9-14(19)17-6-2-1-3-13(17)15-11/h1-3,6,9,12,18H,4-5,7-8,10H2. The number of fused-ring (bicyclic) bond motifs is 1. The highest BCUT2D eigenvalue weighted by atomic mass is 16.3. The molecule has 2 aromatic heterocycles. The Kier molecular flexibility index (Phi) is 3.31. The molecule has 1 saturated carbocycles. The number of hydrogen-bond acceptors (Lipinski definition) is 4. The Balaban J connectivity index is 1.90. The maximum absolute atomic E-state index is 12.0. The third-order valence-corrected chi connectivity index (χ3v) is 3.44. The van der Waals surface area contributed by atoms with Gasteiger partial charge in [0.25, 0.3) is 5.56 Å². The van der Waals surface area contributed by atoms with Crippen LogP contribution in [0.3, 0.4) is 0 Å². The first-order chi connectivity index (χ1) is 9.28. The van der Waals surface area contributed by atoms with Crippen molar-refractivity contribution >= 4 is 5.65 Å². The van der Waals surface area contributed by atoms with Gasteiger partial charge >= 0.3 is 0 Å². The van der Waals surface area contributed by atoms with Crippen LogP contribution in [0.4, 0.5) is 0 Å². The predicted octanol–water partition coefficient (Wildman–Crippen LogP) is 0.651. The van der Waals surface area contributed by atoms with Gasteiger partial charge in [0.2, 0.25) is 0 Å². The van der Waals surface area contributed by atoms with Crippen LogP contribution in [0, 0.1) is 0 Å². The van der Waals surface area contributed by atoms with Gasteiger partial charge in [-0.25, -0.2) is 4.98 Å². The molecule has 0 unspecified atom stereocenters. The summed E-state index contributed by atoms with van der Waals surface area (Å²) in [4.78, 5) is 18.7. The van der Waals surface area contributed by atoms with Crippen LogP contribution in [-0.2, 0) is 6.54 Å². The number of pyridine rings is 1. The molecular formula is C14H17N3O2. The Morgan fingerprint density at radius 1 is 1.42 bits per heavy atom. The van der Waals surface area contributed by atoms with Gasteiger partial charge in [-0.05, 0) is 25.0 Å². The Morgan fingerprint density at radius 2 is 2.26 bits per heavy atom. The Bertz CT molecular complexity index is 634. The van der Waals surface area contributed by atoms with Gasteiger partial charge in [-0.2, -0.15) is 0 Å². The quantitative estimate of drug-likeness (QED) is 0.856. The van der Waals surface area contributed by atoms with E-state index in [9.17, 15) is 4.79 Å². The average Bonchev–Trinajstić information content (AvgIpc) is 3.23. The Hall–Kier alpha value is -1.72. The number of nitrogens with zero attached hydrogens (tertiary/aromatic N) is 3. The van der Waals surface area contributed by atoms with Crippen molar-refractivity contribution in [3.8, 4) is 0 Å². The highest BCUT2D eigenvalue weighted by molar-refractivity contribution is 5.37. The van der Waals surface area contributed by atoms with E-state index in [1.54, 1.807) is 12.3 Å². The molecule has 3 rings (SSSR count). The van der Waals surface area contributed by atoms with E-state index in [4.69, 9.17) is 5.11 Å². The normalized spacial score (nSPS) is 15.3. The van der Waals surface area contributed by atoms with E-state index >= 15 is 0 Å². The summed E-state index contributed by atoms with van der Waals surface area (Å²) < 4.78 is 1.54. The zero-order chi connectivity index (χ0) is 13.2. The lowest BCUT2D eigenvalue weighted by Crippen LogP contribution is -2.30. The molecule has 0 aromatic carbocycles. The van der Waals surface area contributed by atoms with Crippen LogP contribution >= 0.6 is 0 Å². The predicted molar refractivity (Wildman–Crippen MR) is 72.0 cm³/mol. The molecule has 2 heterocycles. The molecule has 1 aliphatic carbocycles. The molecule has 0 saturated heterocycles. The third kappa shape index (κ3) is 2.67. The second kappa shape index (κ2) is 5.11. The zero-order valence-corrected chi connectivity index (χ0v) is 10.7. The molecular weight excluding hydrogens is 242 g/mol. The molecule has 5 heteroatoms. The van der Waals surface area contributed by atoms with Crippen LogP contribution < -0.4 is 5.56 Å². The minimum atomic E-state index is -0.0552. The van der Waals surface area contributed by atoms with Gasteiger partial charge in [0.1, 0.15) is 5.65 Å². The number of aliphatic hydroxyl groups excluding tert-OH is 1. The summed E-state index contributed by atoms with van der Waals surface area (Å²) in [6, 6.07) is 7.65. The van der Waals surface area contributed by atoms with Gasteiger partial charge in [0, 0.05) is 31.4 Å². The van der Waals surface area contributed by atoms with E-state index in [2.05, 4.69) is 9.88 Å². The summed E-state index contributed by atoms with van der Waals surface area (Å²) in [5.41, 5.74) is 1.39. The van der Waals surface area contributed by atoms with Crippen molar-refractivity contribution in [1.29, 1.82) is 0 Å². The first-order valence-electron chi connectivity index (χ1n) is 6.60. The van der Waals surface area contributed by atoms with Gasteiger partial charge in [-0.15, -0.1) is 0 Å². The van der Waals surface area contributed by atoms with Crippen LogP contribution in [-0.4, -0.2) is 38.6 Å². The largest absolute Gasteiger partial charge is 0.395 e. The maximum atomic E-state index is 12.0. The molecule has 5 nitrogen and oxygen atoms in total. The van der Waals surface area contributed by atoms with Crippen molar-refractivity contribution < 1.29 is 5.11 Å². The second-order valence-electron chi connectivity index (χ2n) is 4.94. The van der Waals surface area contributed by atoms with E-state index in [0.29, 0.717) is 24.8 Å². The van der Waals surface area contributed by atoms with Crippen LogP contribution in [0.25, 0.3) is 5.65 Å². The highest BCUT2D eigenvalue weighted by Gasteiger charge is 2.28. The first-order valence-corrected chi connectivity index (χ1v) is 6.60. The lowest BCUT2D eigenvalue weighted by Gasteiger charge is -2.20. The number of rotatable bonds is 5. The number of hydrogen-bond donors (Lipinski definition) is 1. The van der Waals surface area contributed by atoms with Crippen LogP contribution in [0.2, 0.25) is 0 Å². The molecule has 0 radical (unpaired) electrons. The van der Waals surface area contributed by atoms with Crippen LogP contribution in [0.15, 0.2) is 35.3 Å². The molecule has 1 N–H and O–H groups in total. The monoisotopic (exact) mass is 259 g/mol. The number of aromatic nitrogens is 2. The molecule has 1 fully saturated rings. The van der Waals surface area contributed by atoms with Crippen molar-refractivity contribution in [2.75, 3.05) is 13.2 Å². The van der Waals surface area contributed by atoms with Gasteiger partial charge < -0.3 is 5.11 Å². The fourth-order valence-electron chi connectivity index (χ4n) is 2.35. The van der Waals surface area contributed by atoms with Crippen molar-refractivity contribution in [2.45, 2.75) is 25.4 Å². The summed E-state index contributed by atoms with van der Waals surface area (Å²) in [6.45, 7) is 1.41. The first kappa shape index (κ1) is 12.3. The van der Waals surface area contributed by atoms with Crippen molar-refractivity contribution in [3.05, 3.63) is 46.5 Å². The SMILES string of the molecule is O=c1cc(CN(CCO)C2CC2)nc2ccccn12. The fraction of sp³-hybridized carbons (Fsp3) is 0.429. The molecule has 19 heavy (non-hydrogen) atoms. The van der Waals surface area contributed by atoms with Gasteiger partial charge in [0.15, 0.2) is 0 Å². The van der Waals surface area contributed by atoms with E-state index in [1.165, 1.54) is 17.2 Å². The molecule has 0 aliphatic heterocycles. The Morgan fingerprint density at radius 3 is 3.00 bits per heavy atom. The van der Waals surface area contributed by atoms with Crippen molar-refractivity contribution in [1.82, 2.24) is 14.3 Å². The summed E-state index contributed by atoms with van der Waals surface area (Å²) in [5.74, 6) is 0. The summed E-state index contributed by atoms with van der Waals surface area (Å²) >= 11 is 0. The molecule has 0 amide bonds. The summed E-state index contributed by atoms with van der Waals surface area (Å²) in [7, 11) is 0. The second-order valence-corrected chi connectivity index (χ2v) is 4.94. The van der Waals surface area contributed by atoms with E-state index < -0.39 is 0 Å². The molecule has 0 bridgehead atoms. The average molecular weight is 259 g/mol. The van der Waals surface area contributed by atoms with E-state index in [-0.39, 0.29) is 12.2 Å².